The quantitative estimate of drug-likeness (QED) is 0.808. The lowest BCUT2D eigenvalue weighted by atomic mass is 10.1. The van der Waals surface area contributed by atoms with Gasteiger partial charge in [0.25, 0.3) is 5.78 Å². The molecule has 0 spiro atoms. The van der Waals surface area contributed by atoms with Crippen LogP contribution in [-0.4, -0.2) is 36.8 Å². The highest BCUT2D eigenvalue weighted by Crippen LogP contribution is 2.22. The van der Waals surface area contributed by atoms with Crippen molar-refractivity contribution in [1.82, 2.24) is 19.6 Å². The SMILES string of the molecule is Cc1c(Cl)nc2ncnn2c1NCC(C)(C)O. The van der Waals surface area contributed by atoms with Gasteiger partial charge in [-0.25, -0.2) is 0 Å². The minimum atomic E-state index is -0.824. The lowest BCUT2D eigenvalue weighted by Crippen LogP contribution is -2.30. The molecule has 0 aliphatic rings. The van der Waals surface area contributed by atoms with E-state index in [2.05, 4.69) is 20.4 Å². The standard InChI is InChI=1S/C10H14ClN5O/c1-6-7(11)15-9-13-5-14-16(9)8(6)12-4-10(2,3)17/h5,12,17H,4H2,1-3H3. The molecule has 2 aromatic heterocycles. The first kappa shape index (κ1) is 12.1. The van der Waals surface area contributed by atoms with Crippen molar-refractivity contribution in [1.29, 1.82) is 0 Å². The summed E-state index contributed by atoms with van der Waals surface area (Å²) >= 11 is 6.01. The number of anilines is 1. The van der Waals surface area contributed by atoms with Crippen molar-refractivity contribution in [3.05, 3.63) is 17.0 Å². The van der Waals surface area contributed by atoms with Crippen LogP contribution < -0.4 is 5.32 Å². The fourth-order valence-electron chi connectivity index (χ4n) is 1.41. The van der Waals surface area contributed by atoms with Crippen LogP contribution in [0.3, 0.4) is 0 Å². The Bertz CT molecular complexity index is 545. The third-order valence-electron chi connectivity index (χ3n) is 2.29. The van der Waals surface area contributed by atoms with Gasteiger partial charge in [0.15, 0.2) is 0 Å². The summed E-state index contributed by atoms with van der Waals surface area (Å²) in [5.74, 6) is 1.12. The first-order valence-electron chi connectivity index (χ1n) is 5.20. The van der Waals surface area contributed by atoms with Crippen LogP contribution in [0.2, 0.25) is 5.15 Å². The summed E-state index contributed by atoms with van der Waals surface area (Å²) in [6.45, 7) is 5.65. The number of aliphatic hydroxyl groups is 1. The Kier molecular flexibility index (Phi) is 2.92. The smallest absolute Gasteiger partial charge is 0.255 e. The summed E-state index contributed by atoms with van der Waals surface area (Å²) in [4.78, 5) is 8.07. The predicted octanol–water partition coefficient (Wildman–Crippen LogP) is 1.27. The van der Waals surface area contributed by atoms with Gasteiger partial charge in [-0.1, -0.05) is 11.6 Å². The van der Waals surface area contributed by atoms with Crippen LogP contribution in [0.4, 0.5) is 5.82 Å². The van der Waals surface area contributed by atoms with Crippen molar-refractivity contribution >= 4 is 23.2 Å². The van der Waals surface area contributed by atoms with Gasteiger partial charge in [-0.3, -0.25) is 0 Å². The number of fused-ring (bicyclic) bond motifs is 1. The lowest BCUT2D eigenvalue weighted by molar-refractivity contribution is 0.0943. The van der Waals surface area contributed by atoms with E-state index < -0.39 is 5.60 Å². The molecule has 0 saturated heterocycles. The van der Waals surface area contributed by atoms with Crippen LogP contribution in [0, 0.1) is 6.92 Å². The number of hydrogen-bond acceptors (Lipinski definition) is 5. The maximum Gasteiger partial charge on any atom is 0.255 e. The Labute approximate surface area is 104 Å². The fraction of sp³-hybridized carbons (Fsp3) is 0.500. The number of hydrogen-bond donors (Lipinski definition) is 2. The van der Waals surface area contributed by atoms with E-state index in [1.807, 2.05) is 6.92 Å². The Balaban J connectivity index is 2.44. The third kappa shape index (κ3) is 2.48. The summed E-state index contributed by atoms with van der Waals surface area (Å²) in [5, 5.41) is 17.3. The molecule has 17 heavy (non-hydrogen) atoms. The molecule has 0 radical (unpaired) electrons. The average molecular weight is 256 g/mol. The minimum Gasteiger partial charge on any atom is -0.389 e. The van der Waals surface area contributed by atoms with Crippen LogP contribution in [-0.2, 0) is 0 Å². The van der Waals surface area contributed by atoms with Crippen molar-refractivity contribution in [2.75, 3.05) is 11.9 Å². The molecule has 7 heteroatoms. The van der Waals surface area contributed by atoms with Crippen LogP contribution in [0.25, 0.3) is 5.78 Å². The van der Waals surface area contributed by atoms with Crippen LogP contribution in [0.15, 0.2) is 6.33 Å². The van der Waals surface area contributed by atoms with Gasteiger partial charge in [0.05, 0.1) is 5.60 Å². The van der Waals surface area contributed by atoms with E-state index in [0.717, 1.165) is 5.56 Å². The second kappa shape index (κ2) is 4.12. The van der Waals surface area contributed by atoms with Crippen LogP contribution in [0.5, 0.6) is 0 Å². The topological polar surface area (TPSA) is 75.3 Å². The van der Waals surface area contributed by atoms with E-state index in [9.17, 15) is 5.11 Å². The highest BCUT2D eigenvalue weighted by molar-refractivity contribution is 6.30. The van der Waals surface area contributed by atoms with E-state index in [-0.39, 0.29) is 0 Å². The van der Waals surface area contributed by atoms with Gasteiger partial charge < -0.3 is 10.4 Å². The van der Waals surface area contributed by atoms with E-state index >= 15 is 0 Å². The van der Waals surface area contributed by atoms with Crippen molar-refractivity contribution in [3.8, 4) is 0 Å². The van der Waals surface area contributed by atoms with E-state index in [1.165, 1.54) is 6.33 Å². The van der Waals surface area contributed by atoms with Gasteiger partial charge in [-0.05, 0) is 20.8 Å². The molecule has 2 aromatic rings. The van der Waals surface area contributed by atoms with Crippen molar-refractivity contribution in [2.24, 2.45) is 0 Å². The van der Waals surface area contributed by atoms with Gasteiger partial charge in [-0.2, -0.15) is 19.6 Å². The zero-order valence-electron chi connectivity index (χ0n) is 9.90. The minimum absolute atomic E-state index is 0.378. The third-order valence-corrected chi connectivity index (χ3v) is 2.66. The van der Waals surface area contributed by atoms with E-state index in [0.29, 0.717) is 23.3 Å². The van der Waals surface area contributed by atoms with Crippen LogP contribution in [0.1, 0.15) is 19.4 Å². The van der Waals surface area contributed by atoms with E-state index in [4.69, 9.17) is 11.6 Å². The first-order chi connectivity index (χ1) is 7.88. The van der Waals surface area contributed by atoms with Gasteiger partial charge in [-0.15, -0.1) is 0 Å². The van der Waals surface area contributed by atoms with Gasteiger partial charge in [0, 0.05) is 12.1 Å². The molecule has 0 atom stereocenters. The Morgan fingerprint density at radius 1 is 1.53 bits per heavy atom. The fourth-order valence-corrected chi connectivity index (χ4v) is 1.57. The summed E-state index contributed by atoms with van der Waals surface area (Å²) in [6.07, 6.45) is 1.41. The molecule has 2 rings (SSSR count). The molecule has 0 aliphatic carbocycles. The molecule has 0 unspecified atom stereocenters. The Morgan fingerprint density at radius 3 is 2.88 bits per heavy atom. The predicted molar refractivity (Wildman–Crippen MR) is 65.3 cm³/mol. The molecule has 2 N–H and O–H groups in total. The highest BCUT2D eigenvalue weighted by Gasteiger charge is 2.16. The molecule has 0 aromatic carbocycles. The molecule has 6 nitrogen and oxygen atoms in total. The zero-order chi connectivity index (χ0) is 12.6. The second-order valence-corrected chi connectivity index (χ2v) is 4.87. The molecule has 0 fully saturated rings. The zero-order valence-corrected chi connectivity index (χ0v) is 10.7. The molecule has 2 heterocycles. The van der Waals surface area contributed by atoms with Crippen molar-refractivity contribution in [3.63, 3.8) is 0 Å². The van der Waals surface area contributed by atoms with Crippen LogP contribution >= 0.6 is 11.6 Å². The maximum absolute atomic E-state index is 9.71. The monoisotopic (exact) mass is 255 g/mol. The molecular formula is C10H14ClN5O. The number of rotatable bonds is 3. The summed E-state index contributed by atoms with van der Waals surface area (Å²) < 4.78 is 1.56. The molecule has 0 saturated carbocycles. The van der Waals surface area contributed by atoms with Gasteiger partial charge in [0.1, 0.15) is 17.3 Å². The Hall–Kier alpha value is -1.40. The molecule has 0 bridgehead atoms. The number of nitrogens with zero attached hydrogens (tertiary/aromatic N) is 4. The molecule has 0 amide bonds. The van der Waals surface area contributed by atoms with Gasteiger partial charge in [0.2, 0.25) is 0 Å². The van der Waals surface area contributed by atoms with Gasteiger partial charge >= 0.3 is 0 Å². The number of nitrogens with one attached hydrogen (secondary N) is 1. The Morgan fingerprint density at radius 2 is 2.24 bits per heavy atom. The second-order valence-electron chi connectivity index (χ2n) is 4.51. The number of halogens is 1. The van der Waals surface area contributed by atoms with E-state index in [1.54, 1.807) is 18.4 Å². The van der Waals surface area contributed by atoms with Crippen molar-refractivity contribution in [2.45, 2.75) is 26.4 Å². The largest absolute Gasteiger partial charge is 0.389 e. The summed E-state index contributed by atoms with van der Waals surface area (Å²) in [6, 6.07) is 0. The van der Waals surface area contributed by atoms with Crippen molar-refractivity contribution < 1.29 is 5.11 Å². The molecular weight excluding hydrogens is 242 g/mol. The molecule has 0 aliphatic heterocycles. The lowest BCUT2D eigenvalue weighted by Gasteiger charge is -2.19. The summed E-state index contributed by atoms with van der Waals surface area (Å²) in [7, 11) is 0. The number of aromatic nitrogens is 4. The highest BCUT2D eigenvalue weighted by atomic mass is 35.5. The molecule has 92 valence electrons. The normalized spacial score (nSPS) is 12.1. The average Bonchev–Trinajstić information content (AvgIpc) is 2.64. The first-order valence-corrected chi connectivity index (χ1v) is 5.58. The maximum atomic E-state index is 9.71. The summed E-state index contributed by atoms with van der Waals surface area (Å²) in [5.41, 5.74) is -0.0522.